The predicted octanol–water partition coefficient (Wildman–Crippen LogP) is 8.19. The van der Waals surface area contributed by atoms with Crippen molar-refractivity contribution in [3.63, 3.8) is 0 Å². The average Bonchev–Trinajstić information content (AvgIpc) is 2.91. The fraction of sp³-hybridized carbons (Fsp3) is 0.367. The van der Waals surface area contributed by atoms with E-state index in [1.165, 1.54) is 31.2 Å². The van der Waals surface area contributed by atoms with Crippen molar-refractivity contribution in [2.24, 2.45) is 0 Å². The van der Waals surface area contributed by atoms with Gasteiger partial charge in [-0.1, -0.05) is 37.6 Å². The van der Waals surface area contributed by atoms with Gasteiger partial charge in [-0.15, -0.1) is 0 Å². The lowest BCUT2D eigenvalue weighted by Gasteiger charge is -2.30. The van der Waals surface area contributed by atoms with E-state index in [2.05, 4.69) is 0 Å². The van der Waals surface area contributed by atoms with Gasteiger partial charge >= 0.3 is 5.97 Å². The number of rotatable bonds is 7. The van der Waals surface area contributed by atoms with Gasteiger partial charge in [-0.05, 0) is 79.7 Å². The molecule has 1 aliphatic carbocycles. The molecule has 1 atom stereocenters. The molecule has 0 saturated heterocycles. The van der Waals surface area contributed by atoms with E-state index in [1.807, 2.05) is 0 Å². The van der Waals surface area contributed by atoms with Crippen LogP contribution < -0.4 is 4.74 Å². The Labute approximate surface area is 222 Å². The average molecular weight is 551 g/mol. The highest BCUT2D eigenvalue weighted by atomic mass is 19.2. The van der Waals surface area contributed by atoms with Gasteiger partial charge in [0.1, 0.15) is 0 Å². The summed E-state index contributed by atoms with van der Waals surface area (Å²) in [5.74, 6) is -10.3. The first-order valence-corrected chi connectivity index (χ1v) is 12.9. The maximum atomic E-state index is 15.0. The lowest BCUT2D eigenvalue weighted by molar-refractivity contribution is 0.0720. The van der Waals surface area contributed by atoms with Crippen LogP contribution in [0, 0.1) is 34.9 Å². The van der Waals surface area contributed by atoms with Gasteiger partial charge in [0.05, 0.1) is 11.7 Å². The lowest BCUT2D eigenvalue weighted by Crippen LogP contribution is -2.17. The number of carbonyl (C=O) groups excluding carboxylic acids is 1. The molecule has 1 N–H and O–H groups in total. The quantitative estimate of drug-likeness (QED) is 0.183. The van der Waals surface area contributed by atoms with Gasteiger partial charge in [-0.3, -0.25) is 0 Å². The summed E-state index contributed by atoms with van der Waals surface area (Å²) in [5.41, 5.74) is -0.560. The molecule has 9 heteroatoms. The van der Waals surface area contributed by atoms with Crippen LogP contribution in [0.4, 0.5) is 26.3 Å². The van der Waals surface area contributed by atoms with Crippen LogP contribution in [-0.4, -0.2) is 11.1 Å². The van der Waals surface area contributed by atoms with Crippen molar-refractivity contribution < 1.29 is 41.0 Å². The van der Waals surface area contributed by atoms with Crippen molar-refractivity contribution in [1.29, 1.82) is 0 Å². The van der Waals surface area contributed by atoms with Gasteiger partial charge in [0.25, 0.3) is 0 Å². The van der Waals surface area contributed by atoms with Gasteiger partial charge < -0.3 is 9.84 Å². The second-order valence-electron chi connectivity index (χ2n) is 9.92. The van der Waals surface area contributed by atoms with Crippen LogP contribution in [0.2, 0.25) is 0 Å². The van der Waals surface area contributed by atoms with Crippen LogP contribution >= 0.6 is 0 Å². The molecule has 39 heavy (non-hydrogen) atoms. The second-order valence-corrected chi connectivity index (χ2v) is 9.92. The van der Waals surface area contributed by atoms with Crippen LogP contribution in [-0.2, 0) is 6.42 Å². The van der Waals surface area contributed by atoms with Crippen LogP contribution in [0.25, 0.3) is 0 Å². The smallest absolute Gasteiger partial charge is 0.346 e. The molecule has 1 saturated carbocycles. The molecule has 3 nitrogen and oxygen atoms in total. The first-order valence-electron chi connectivity index (χ1n) is 12.9. The molecule has 3 aromatic carbocycles. The maximum Gasteiger partial charge on any atom is 0.346 e. The minimum atomic E-state index is -1.44. The van der Waals surface area contributed by atoms with E-state index in [4.69, 9.17) is 4.74 Å². The number of hydrogen-bond acceptors (Lipinski definition) is 3. The zero-order valence-corrected chi connectivity index (χ0v) is 21.5. The summed E-state index contributed by atoms with van der Waals surface area (Å²) < 4.78 is 92.3. The molecule has 0 amide bonds. The molecular weight excluding hydrogens is 522 g/mol. The maximum absolute atomic E-state index is 15.0. The number of halogens is 6. The van der Waals surface area contributed by atoms with E-state index < -0.39 is 64.2 Å². The summed E-state index contributed by atoms with van der Waals surface area (Å²) in [6.07, 6.45) is 1.20. The van der Waals surface area contributed by atoms with Gasteiger partial charge in [-0.2, -0.15) is 4.39 Å². The Morgan fingerprint density at radius 3 is 1.92 bits per heavy atom. The van der Waals surface area contributed by atoms with E-state index in [-0.39, 0.29) is 34.6 Å². The van der Waals surface area contributed by atoms with E-state index in [9.17, 15) is 31.9 Å². The summed E-state index contributed by atoms with van der Waals surface area (Å²) >= 11 is 0. The predicted molar refractivity (Wildman–Crippen MR) is 133 cm³/mol. The van der Waals surface area contributed by atoms with Crippen molar-refractivity contribution in [1.82, 2.24) is 0 Å². The molecule has 0 spiro atoms. The zero-order valence-electron chi connectivity index (χ0n) is 21.5. The van der Waals surface area contributed by atoms with Crippen molar-refractivity contribution in [2.75, 3.05) is 0 Å². The van der Waals surface area contributed by atoms with E-state index in [1.54, 1.807) is 6.92 Å². The molecule has 1 aliphatic rings. The standard InChI is InChI=1S/C30H28F6O3/c1-3-4-18-9-10-22(28(35)24(18)31)30(38)39-23-14-13-21(27(34)29(23)36)17-7-5-16(6-8-17)20-12-11-19(15(2)37)25(32)26(20)33/h9-17,37H,3-8H2,1-2H3. The van der Waals surface area contributed by atoms with Gasteiger partial charge in [-0.25, -0.2) is 26.7 Å². The Morgan fingerprint density at radius 1 is 0.795 bits per heavy atom. The molecule has 0 aromatic heterocycles. The topological polar surface area (TPSA) is 46.5 Å². The van der Waals surface area contributed by atoms with Gasteiger partial charge in [0.15, 0.2) is 34.8 Å². The summed E-state index contributed by atoms with van der Waals surface area (Å²) in [6, 6.07) is 7.41. The molecule has 0 radical (unpaired) electrons. The number of benzene rings is 3. The number of ether oxygens (including phenoxy) is 1. The van der Waals surface area contributed by atoms with Crippen LogP contribution in [0.3, 0.4) is 0 Å². The normalized spacial score (nSPS) is 18.2. The Kier molecular flexibility index (Phi) is 8.69. The molecule has 1 fully saturated rings. The highest BCUT2D eigenvalue weighted by Gasteiger charge is 2.30. The summed E-state index contributed by atoms with van der Waals surface area (Å²) in [7, 11) is 0. The second kappa shape index (κ2) is 11.8. The molecule has 0 aliphatic heterocycles. The molecule has 0 heterocycles. The highest BCUT2D eigenvalue weighted by Crippen LogP contribution is 2.43. The Hall–Kier alpha value is -3.33. The largest absolute Gasteiger partial charge is 0.420 e. The molecular formula is C30H28F6O3. The fourth-order valence-corrected chi connectivity index (χ4v) is 5.24. The minimum absolute atomic E-state index is 0.0444. The molecule has 1 unspecified atom stereocenters. The minimum Gasteiger partial charge on any atom is -0.420 e. The number of aryl methyl sites for hydroxylation is 1. The summed E-state index contributed by atoms with van der Waals surface area (Å²) in [4.78, 5) is 12.4. The van der Waals surface area contributed by atoms with Crippen molar-refractivity contribution in [2.45, 2.75) is 70.3 Å². The Morgan fingerprint density at radius 2 is 1.36 bits per heavy atom. The van der Waals surface area contributed by atoms with Crippen LogP contribution in [0.5, 0.6) is 5.75 Å². The Balaban J connectivity index is 1.47. The first kappa shape index (κ1) is 28.7. The molecule has 0 bridgehead atoms. The van der Waals surface area contributed by atoms with E-state index >= 15 is 4.39 Å². The van der Waals surface area contributed by atoms with Crippen molar-refractivity contribution in [3.05, 3.63) is 99.1 Å². The number of carbonyl (C=O) groups is 1. The van der Waals surface area contributed by atoms with Crippen LogP contribution in [0.1, 0.15) is 96.5 Å². The van der Waals surface area contributed by atoms with Crippen LogP contribution in [0.15, 0.2) is 36.4 Å². The molecule has 3 aromatic rings. The summed E-state index contributed by atoms with van der Waals surface area (Å²) in [5, 5.41) is 9.58. The fourth-order valence-electron chi connectivity index (χ4n) is 5.24. The first-order chi connectivity index (χ1) is 18.5. The van der Waals surface area contributed by atoms with Gasteiger partial charge in [0.2, 0.25) is 5.82 Å². The highest BCUT2D eigenvalue weighted by molar-refractivity contribution is 5.91. The molecule has 4 rings (SSSR count). The monoisotopic (exact) mass is 550 g/mol. The van der Waals surface area contributed by atoms with Crippen molar-refractivity contribution in [3.8, 4) is 5.75 Å². The lowest BCUT2D eigenvalue weighted by atomic mass is 9.75. The summed E-state index contributed by atoms with van der Waals surface area (Å²) in [6.45, 7) is 3.12. The zero-order chi connectivity index (χ0) is 28.4. The third-order valence-corrected chi connectivity index (χ3v) is 7.38. The number of hydrogen-bond donors (Lipinski definition) is 1. The van der Waals surface area contributed by atoms with E-state index in [0.717, 1.165) is 12.1 Å². The van der Waals surface area contributed by atoms with Crippen molar-refractivity contribution >= 4 is 5.97 Å². The van der Waals surface area contributed by atoms with E-state index in [0.29, 0.717) is 32.1 Å². The SMILES string of the molecule is CCCc1ccc(C(=O)Oc2ccc(C3CCC(c4ccc(C(C)O)c(F)c4F)CC3)c(F)c2F)c(F)c1F. The number of esters is 1. The number of aliphatic hydroxyl groups is 1. The Bertz CT molecular complexity index is 1380. The van der Waals surface area contributed by atoms with Gasteiger partial charge in [0, 0.05) is 5.56 Å². The third-order valence-electron chi connectivity index (χ3n) is 7.38. The molecule has 208 valence electrons. The number of aliphatic hydroxyl groups excluding tert-OH is 1. The third kappa shape index (κ3) is 5.69.